The van der Waals surface area contributed by atoms with Crippen LogP contribution in [0.25, 0.3) is 5.52 Å². The van der Waals surface area contributed by atoms with Crippen LogP contribution in [-0.4, -0.2) is 47.7 Å². The highest BCUT2D eigenvalue weighted by Crippen LogP contribution is 2.50. The van der Waals surface area contributed by atoms with Gasteiger partial charge in [-0.25, -0.2) is 8.78 Å². The molecule has 0 saturated heterocycles. The van der Waals surface area contributed by atoms with Crippen LogP contribution in [0.4, 0.5) is 22.0 Å². The summed E-state index contributed by atoms with van der Waals surface area (Å²) in [5.74, 6) is -0.514. The number of nitrogens with zero attached hydrogens (tertiary/aromatic N) is 2. The average molecular weight is 652 g/mol. The minimum Gasteiger partial charge on any atom is -0.423 e. The number of hydrogen-bond acceptors (Lipinski definition) is 5. The maximum Gasteiger partial charge on any atom is 0.492 e. The minimum atomic E-state index is -4.87. The van der Waals surface area contributed by atoms with Gasteiger partial charge in [-0.15, -0.1) is 0 Å². The van der Waals surface area contributed by atoms with Gasteiger partial charge in [0, 0.05) is 33.9 Å². The molecule has 0 aliphatic carbocycles. The van der Waals surface area contributed by atoms with E-state index < -0.39 is 50.2 Å². The number of halogens is 7. The molecule has 4 heterocycles. The van der Waals surface area contributed by atoms with Gasteiger partial charge in [0.05, 0.1) is 17.6 Å². The molecule has 0 saturated carbocycles. The summed E-state index contributed by atoms with van der Waals surface area (Å²) in [6, 6.07) is 14.3. The maximum absolute atomic E-state index is 14.5. The van der Waals surface area contributed by atoms with Gasteiger partial charge in [-0.2, -0.15) is 13.2 Å². The van der Waals surface area contributed by atoms with Crippen molar-refractivity contribution in [1.82, 2.24) is 9.72 Å². The van der Waals surface area contributed by atoms with E-state index in [1.807, 2.05) is 0 Å². The topological polar surface area (TPSA) is 84.6 Å². The number of rotatable bonds is 7. The van der Waals surface area contributed by atoms with E-state index >= 15 is 0 Å². The van der Waals surface area contributed by atoms with E-state index in [0.717, 1.165) is 12.1 Å². The SMILES string of the molecule is O=C(NCc1ccc2c(c1)B(O)OC2(CF)CF)c1ccc(C2=NOC(c3cc(Cl)cc(Cl)c3)(C(F)(F)F)C2)c2cccn12. The number of nitrogens with one attached hydrogen (secondary N) is 1. The highest BCUT2D eigenvalue weighted by atomic mass is 35.5. The van der Waals surface area contributed by atoms with Crippen LogP contribution in [0.15, 0.2) is 72.0 Å². The Bertz CT molecular complexity index is 1790. The molecule has 228 valence electrons. The monoisotopic (exact) mass is 651 g/mol. The van der Waals surface area contributed by atoms with E-state index in [1.165, 1.54) is 34.7 Å². The molecule has 44 heavy (non-hydrogen) atoms. The number of aromatic nitrogens is 1. The van der Waals surface area contributed by atoms with Crippen molar-refractivity contribution in [3.63, 3.8) is 0 Å². The molecule has 2 aliphatic rings. The Morgan fingerprint density at radius 2 is 1.80 bits per heavy atom. The van der Waals surface area contributed by atoms with Gasteiger partial charge >= 0.3 is 13.3 Å². The van der Waals surface area contributed by atoms with E-state index in [0.29, 0.717) is 16.6 Å². The number of carbonyl (C=O) groups is 1. The lowest BCUT2D eigenvalue weighted by atomic mass is 9.77. The lowest BCUT2D eigenvalue weighted by Gasteiger charge is -2.29. The number of benzene rings is 2. The summed E-state index contributed by atoms with van der Waals surface area (Å²) in [7, 11) is -1.52. The molecule has 2 aromatic heterocycles. The summed E-state index contributed by atoms with van der Waals surface area (Å²) in [5, 5.41) is 16.8. The number of alkyl halides is 5. The summed E-state index contributed by atoms with van der Waals surface area (Å²) in [6.45, 7) is -2.31. The van der Waals surface area contributed by atoms with Crippen LogP contribution >= 0.6 is 23.2 Å². The van der Waals surface area contributed by atoms with Crippen molar-refractivity contribution in [2.75, 3.05) is 13.3 Å². The average Bonchev–Trinajstić information content (AvgIpc) is 3.72. The largest absolute Gasteiger partial charge is 0.492 e. The summed E-state index contributed by atoms with van der Waals surface area (Å²) in [4.78, 5) is 18.3. The summed E-state index contributed by atoms with van der Waals surface area (Å²) in [5.41, 5.74) is -3.13. The van der Waals surface area contributed by atoms with Crippen LogP contribution < -0.4 is 10.8 Å². The fourth-order valence-electron chi connectivity index (χ4n) is 5.60. The molecule has 0 spiro atoms. The van der Waals surface area contributed by atoms with Crippen LogP contribution in [-0.2, 0) is 27.2 Å². The summed E-state index contributed by atoms with van der Waals surface area (Å²) in [6.07, 6.45) is -3.96. The molecule has 4 aromatic rings. The minimum absolute atomic E-state index is 0.00155. The molecule has 7 nitrogen and oxygen atoms in total. The molecule has 2 aromatic carbocycles. The molecular formula is C29H21BCl2F5N3O4. The molecular weight excluding hydrogens is 631 g/mol. The van der Waals surface area contributed by atoms with Gasteiger partial charge in [0.25, 0.3) is 11.5 Å². The van der Waals surface area contributed by atoms with E-state index in [4.69, 9.17) is 32.7 Å². The molecule has 1 unspecified atom stereocenters. The second kappa shape index (κ2) is 11.1. The van der Waals surface area contributed by atoms with Gasteiger partial charge in [0.15, 0.2) is 0 Å². The van der Waals surface area contributed by atoms with Gasteiger partial charge in [0.2, 0.25) is 0 Å². The fraction of sp³-hybridized carbons (Fsp3) is 0.241. The number of carbonyl (C=O) groups excluding carboxylic acids is 1. The van der Waals surface area contributed by atoms with Crippen molar-refractivity contribution in [1.29, 1.82) is 0 Å². The molecule has 15 heteroatoms. The van der Waals surface area contributed by atoms with Gasteiger partial charge in [0.1, 0.15) is 24.6 Å². The van der Waals surface area contributed by atoms with Gasteiger partial charge in [-0.05, 0) is 59.1 Å². The molecule has 0 fully saturated rings. The Morgan fingerprint density at radius 3 is 2.48 bits per heavy atom. The quantitative estimate of drug-likeness (QED) is 0.201. The first-order valence-corrected chi connectivity index (χ1v) is 13.9. The zero-order valence-corrected chi connectivity index (χ0v) is 24.0. The zero-order chi connectivity index (χ0) is 31.4. The predicted octanol–water partition coefficient (Wildman–Crippen LogP) is 5.61. The smallest absolute Gasteiger partial charge is 0.423 e. The van der Waals surface area contributed by atoms with Crippen LogP contribution in [0.3, 0.4) is 0 Å². The van der Waals surface area contributed by atoms with E-state index in [1.54, 1.807) is 24.4 Å². The maximum atomic E-state index is 14.5. The normalized spacial score (nSPS) is 19.2. The molecule has 0 bridgehead atoms. The third-order valence-corrected chi connectivity index (χ3v) is 8.28. The zero-order valence-electron chi connectivity index (χ0n) is 22.5. The van der Waals surface area contributed by atoms with E-state index in [2.05, 4.69) is 10.5 Å². The van der Waals surface area contributed by atoms with E-state index in [9.17, 15) is 31.8 Å². The Kier molecular flexibility index (Phi) is 7.64. The molecule has 0 radical (unpaired) electrons. The van der Waals surface area contributed by atoms with Gasteiger partial charge < -0.3 is 24.2 Å². The first kappa shape index (κ1) is 30.4. The Labute approximate surface area is 257 Å². The number of pyridine rings is 1. The lowest BCUT2D eigenvalue weighted by Crippen LogP contribution is -2.42. The molecule has 6 rings (SSSR count). The second-order valence-corrected chi connectivity index (χ2v) is 11.4. The van der Waals surface area contributed by atoms with Crippen molar-refractivity contribution >= 4 is 52.9 Å². The van der Waals surface area contributed by atoms with Crippen molar-refractivity contribution in [2.45, 2.75) is 30.3 Å². The number of oxime groups is 1. The third kappa shape index (κ3) is 4.91. The van der Waals surface area contributed by atoms with Crippen LogP contribution in [0.1, 0.15) is 39.2 Å². The van der Waals surface area contributed by atoms with Gasteiger partial charge in [-0.3, -0.25) is 4.79 Å². The van der Waals surface area contributed by atoms with Gasteiger partial charge in [-0.1, -0.05) is 46.6 Å². The first-order valence-electron chi connectivity index (χ1n) is 13.2. The third-order valence-electron chi connectivity index (χ3n) is 7.85. The second-order valence-electron chi connectivity index (χ2n) is 10.5. The number of hydrogen-bond donors (Lipinski definition) is 2. The summed E-state index contributed by atoms with van der Waals surface area (Å²) >= 11 is 12.0. The highest BCUT2D eigenvalue weighted by molar-refractivity contribution is 6.62. The van der Waals surface area contributed by atoms with Crippen LogP contribution in [0, 0.1) is 0 Å². The van der Waals surface area contributed by atoms with Crippen molar-refractivity contribution in [3.05, 3.63) is 105 Å². The molecule has 1 atom stereocenters. The van der Waals surface area contributed by atoms with Crippen molar-refractivity contribution < 1.29 is 41.3 Å². The standard InChI is InChI=1S/C29H21BCl2F5N3O4/c31-18-9-17(10-19(32)11-18)28(29(35,36)37)12-23(39-44-28)20-4-6-25(40-7-1-2-24(20)40)26(41)38-13-16-3-5-21-22(8-16)30(42)43-27(21,14-33)15-34/h1-11,42H,12-15H2,(H,38,41). The Morgan fingerprint density at radius 1 is 1.07 bits per heavy atom. The predicted molar refractivity (Wildman–Crippen MR) is 154 cm³/mol. The Hall–Kier alpha value is -3.65. The van der Waals surface area contributed by atoms with Crippen molar-refractivity contribution in [2.24, 2.45) is 5.16 Å². The van der Waals surface area contributed by atoms with Crippen LogP contribution in [0.2, 0.25) is 10.0 Å². The molecule has 2 aliphatic heterocycles. The summed E-state index contributed by atoms with van der Waals surface area (Å²) < 4.78 is 77.2. The fourth-order valence-corrected chi connectivity index (χ4v) is 6.13. The first-order chi connectivity index (χ1) is 20.9. The molecule has 1 amide bonds. The molecule has 2 N–H and O–H groups in total. The number of fused-ring (bicyclic) bond motifs is 2. The highest BCUT2D eigenvalue weighted by Gasteiger charge is 2.62. The van der Waals surface area contributed by atoms with Crippen LogP contribution in [0.5, 0.6) is 0 Å². The van der Waals surface area contributed by atoms with E-state index in [-0.39, 0.29) is 44.6 Å². The lowest BCUT2D eigenvalue weighted by molar-refractivity contribution is -0.275. The Balaban J connectivity index is 1.24. The number of amides is 1. The van der Waals surface area contributed by atoms with Crippen molar-refractivity contribution in [3.8, 4) is 0 Å².